The predicted octanol–water partition coefficient (Wildman–Crippen LogP) is 1.86. The Hall–Kier alpha value is -1.47. The first kappa shape index (κ1) is 11.6. The van der Waals surface area contributed by atoms with Crippen LogP contribution in [0.3, 0.4) is 0 Å². The van der Waals surface area contributed by atoms with Gasteiger partial charge in [0.15, 0.2) is 0 Å². The van der Waals surface area contributed by atoms with E-state index in [0.717, 1.165) is 0 Å². The summed E-state index contributed by atoms with van der Waals surface area (Å²) in [7, 11) is 1.61. The zero-order valence-corrected chi connectivity index (χ0v) is 9.78. The van der Waals surface area contributed by atoms with Crippen molar-refractivity contribution in [1.29, 1.82) is 0 Å². The molecule has 0 unspecified atom stereocenters. The van der Waals surface area contributed by atoms with Gasteiger partial charge in [-0.25, -0.2) is 0 Å². The minimum atomic E-state index is -0.212. The molecule has 0 heterocycles. The fourth-order valence-corrected chi connectivity index (χ4v) is 1.32. The Morgan fingerprint density at radius 1 is 1.67 bits per heavy atom. The summed E-state index contributed by atoms with van der Waals surface area (Å²) in [5, 5.41) is 9.40. The van der Waals surface area contributed by atoms with Crippen molar-refractivity contribution in [2.45, 2.75) is 0 Å². The number of carbonyl (C=O) groups is 1. The van der Waals surface area contributed by atoms with Crippen LogP contribution in [0.15, 0.2) is 22.7 Å². The molecule has 78 valence electrons. The molecule has 1 aromatic carbocycles. The number of amides is 1. The van der Waals surface area contributed by atoms with Gasteiger partial charge in [-0.2, -0.15) is 0 Å². The number of nitrogens with zero attached hydrogens (tertiary/aromatic N) is 1. The van der Waals surface area contributed by atoms with Crippen LogP contribution in [-0.4, -0.2) is 29.5 Å². The molecule has 1 N–H and O–H groups in total. The van der Waals surface area contributed by atoms with Crippen LogP contribution in [-0.2, 0) is 0 Å². The van der Waals surface area contributed by atoms with Gasteiger partial charge in [0, 0.05) is 12.6 Å². The van der Waals surface area contributed by atoms with Crippen LogP contribution in [0.5, 0.6) is 5.75 Å². The van der Waals surface area contributed by atoms with Crippen LogP contribution in [0.2, 0.25) is 0 Å². The molecule has 3 nitrogen and oxygen atoms in total. The van der Waals surface area contributed by atoms with Gasteiger partial charge in [-0.3, -0.25) is 4.79 Å². The Balaban J connectivity index is 2.93. The highest BCUT2D eigenvalue weighted by Gasteiger charge is 2.11. The quantitative estimate of drug-likeness (QED) is 0.832. The van der Waals surface area contributed by atoms with Crippen LogP contribution in [0.4, 0.5) is 0 Å². The van der Waals surface area contributed by atoms with Gasteiger partial charge >= 0.3 is 0 Å². The van der Waals surface area contributed by atoms with Crippen LogP contribution >= 0.6 is 15.9 Å². The van der Waals surface area contributed by atoms with Crippen LogP contribution < -0.4 is 0 Å². The van der Waals surface area contributed by atoms with Crippen molar-refractivity contribution >= 4 is 21.8 Å². The highest BCUT2D eigenvalue weighted by Crippen LogP contribution is 2.24. The standard InChI is InChI=1S/C11H10BrNO2/c1-3-6-13(2)11(15)8-4-5-9(12)10(14)7-8/h1,4-5,7,14H,6H2,2H3. The van der Waals surface area contributed by atoms with Crippen molar-refractivity contribution in [2.24, 2.45) is 0 Å². The minimum Gasteiger partial charge on any atom is -0.507 e. The van der Waals surface area contributed by atoms with Gasteiger partial charge in [0.1, 0.15) is 5.75 Å². The number of rotatable bonds is 2. The molecular weight excluding hydrogens is 258 g/mol. The van der Waals surface area contributed by atoms with Crippen molar-refractivity contribution in [3.05, 3.63) is 28.2 Å². The molecule has 0 fully saturated rings. The molecule has 4 heteroatoms. The summed E-state index contributed by atoms with van der Waals surface area (Å²) in [5.74, 6) is 2.20. The van der Waals surface area contributed by atoms with E-state index in [2.05, 4.69) is 21.9 Å². The SMILES string of the molecule is C#CCN(C)C(=O)c1ccc(Br)c(O)c1. The summed E-state index contributed by atoms with van der Waals surface area (Å²) in [6.45, 7) is 0.246. The van der Waals surface area contributed by atoms with E-state index in [0.29, 0.717) is 10.0 Å². The van der Waals surface area contributed by atoms with Crippen molar-refractivity contribution < 1.29 is 9.90 Å². The summed E-state index contributed by atoms with van der Waals surface area (Å²) < 4.78 is 0.554. The second-order valence-electron chi connectivity index (χ2n) is 3.03. The van der Waals surface area contributed by atoms with E-state index in [1.807, 2.05) is 0 Å². The molecule has 0 aromatic heterocycles. The lowest BCUT2D eigenvalue weighted by atomic mass is 10.2. The summed E-state index contributed by atoms with van der Waals surface area (Å²) >= 11 is 3.14. The molecule has 0 aliphatic rings. The number of benzene rings is 1. The maximum Gasteiger partial charge on any atom is 0.254 e. The highest BCUT2D eigenvalue weighted by atomic mass is 79.9. The molecule has 0 aliphatic carbocycles. The predicted molar refractivity (Wildman–Crippen MR) is 61.6 cm³/mol. The summed E-state index contributed by atoms with van der Waals surface area (Å²) in [6, 6.07) is 4.64. The Morgan fingerprint density at radius 2 is 2.33 bits per heavy atom. The maximum absolute atomic E-state index is 11.7. The van der Waals surface area contributed by atoms with Crippen LogP contribution in [0.25, 0.3) is 0 Å². The Labute approximate surface area is 96.8 Å². The lowest BCUT2D eigenvalue weighted by Gasteiger charge is -2.13. The summed E-state index contributed by atoms with van der Waals surface area (Å²) in [5.41, 5.74) is 0.411. The number of aromatic hydroxyl groups is 1. The monoisotopic (exact) mass is 267 g/mol. The van der Waals surface area contributed by atoms with E-state index in [1.54, 1.807) is 19.2 Å². The Kier molecular flexibility index (Phi) is 3.75. The fraction of sp³-hybridized carbons (Fsp3) is 0.182. The normalized spacial score (nSPS) is 9.40. The van der Waals surface area contributed by atoms with Gasteiger partial charge in [0.25, 0.3) is 5.91 Å². The van der Waals surface area contributed by atoms with Crippen LogP contribution in [0, 0.1) is 12.3 Å². The third-order valence-electron chi connectivity index (χ3n) is 1.87. The molecule has 0 bridgehead atoms. The number of terminal acetylenes is 1. The van der Waals surface area contributed by atoms with Gasteiger partial charge in [0.05, 0.1) is 11.0 Å². The third kappa shape index (κ3) is 2.74. The minimum absolute atomic E-state index is 0.0370. The molecule has 0 saturated heterocycles. The van der Waals surface area contributed by atoms with Crippen molar-refractivity contribution in [3.63, 3.8) is 0 Å². The molecule has 0 saturated carbocycles. The van der Waals surface area contributed by atoms with Gasteiger partial charge in [-0.1, -0.05) is 5.92 Å². The molecule has 1 amide bonds. The van der Waals surface area contributed by atoms with Crippen molar-refractivity contribution in [2.75, 3.05) is 13.6 Å². The third-order valence-corrected chi connectivity index (χ3v) is 2.54. The van der Waals surface area contributed by atoms with Crippen molar-refractivity contribution in [3.8, 4) is 18.1 Å². The Bertz CT molecular complexity index is 423. The molecule has 0 aliphatic heterocycles. The number of carbonyl (C=O) groups excluding carboxylic acids is 1. The van der Waals surface area contributed by atoms with Gasteiger partial charge in [-0.05, 0) is 34.1 Å². The van der Waals surface area contributed by atoms with E-state index < -0.39 is 0 Å². The second kappa shape index (κ2) is 4.85. The first-order chi connectivity index (χ1) is 7.06. The van der Waals surface area contributed by atoms with Gasteiger partial charge < -0.3 is 10.0 Å². The largest absolute Gasteiger partial charge is 0.507 e. The molecule has 0 atom stereocenters. The van der Waals surface area contributed by atoms with Crippen LogP contribution in [0.1, 0.15) is 10.4 Å². The van der Waals surface area contributed by atoms with Gasteiger partial charge in [-0.15, -0.1) is 6.42 Å². The first-order valence-corrected chi connectivity index (χ1v) is 5.03. The molecular formula is C11H10BrNO2. The van der Waals surface area contributed by atoms with E-state index in [4.69, 9.17) is 6.42 Å². The topological polar surface area (TPSA) is 40.5 Å². The van der Waals surface area contributed by atoms with E-state index in [1.165, 1.54) is 11.0 Å². The number of halogens is 1. The van der Waals surface area contributed by atoms with E-state index in [-0.39, 0.29) is 18.2 Å². The lowest BCUT2D eigenvalue weighted by Crippen LogP contribution is -2.26. The molecule has 1 rings (SSSR count). The zero-order chi connectivity index (χ0) is 11.4. The Morgan fingerprint density at radius 3 is 2.87 bits per heavy atom. The number of hydrogen-bond acceptors (Lipinski definition) is 2. The molecule has 15 heavy (non-hydrogen) atoms. The van der Waals surface area contributed by atoms with E-state index in [9.17, 15) is 9.90 Å². The second-order valence-corrected chi connectivity index (χ2v) is 3.89. The fourth-order valence-electron chi connectivity index (χ4n) is 1.07. The van der Waals surface area contributed by atoms with Crippen molar-refractivity contribution in [1.82, 2.24) is 4.90 Å². The lowest BCUT2D eigenvalue weighted by molar-refractivity contribution is 0.0812. The first-order valence-electron chi connectivity index (χ1n) is 4.23. The smallest absolute Gasteiger partial charge is 0.254 e. The van der Waals surface area contributed by atoms with Gasteiger partial charge in [0.2, 0.25) is 0 Å². The highest BCUT2D eigenvalue weighted by molar-refractivity contribution is 9.10. The number of phenolic OH excluding ortho intramolecular Hbond substituents is 1. The number of hydrogen-bond donors (Lipinski definition) is 1. The summed E-state index contributed by atoms with van der Waals surface area (Å²) in [6.07, 6.45) is 5.10. The average molecular weight is 268 g/mol. The zero-order valence-electron chi connectivity index (χ0n) is 8.20. The maximum atomic E-state index is 11.7. The molecule has 0 spiro atoms. The number of phenols is 1. The van der Waals surface area contributed by atoms with E-state index >= 15 is 0 Å². The average Bonchev–Trinajstić information content (AvgIpc) is 2.21. The molecule has 1 aromatic rings. The summed E-state index contributed by atoms with van der Waals surface area (Å²) in [4.78, 5) is 13.1. The molecule has 0 radical (unpaired) electrons.